The minimum Gasteiger partial charge on any atom is -0.350 e. The molecule has 3 rings (SSSR count). The fraction of sp³-hybridized carbons (Fsp3) is 0.250. The van der Waals surface area contributed by atoms with Gasteiger partial charge in [0, 0.05) is 23.7 Å². The normalized spacial score (nSPS) is 10.9. The zero-order valence-corrected chi connectivity index (χ0v) is 13.6. The highest BCUT2D eigenvalue weighted by Crippen LogP contribution is 2.17. The van der Waals surface area contributed by atoms with Crippen LogP contribution in [0.25, 0.3) is 11.0 Å². The summed E-state index contributed by atoms with van der Waals surface area (Å²) in [5.41, 5.74) is 2.90. The lowest BCUT2D eigenvalue weighted by Crippen LogP contribution is -2.27. The molecule has 0 aliphatic carbocycles. The van der Waals surface area contributed by atoms with Gasteiger partial charge in [-0.15, -0.1) is 0 Å². The Morgan fingerprint density at radius 1 is 1.22 bits per heavy atom. The van der Waals surface area contributed by atoms with Crippen LogP contribution in [0, 0.1) is 13.8 Å². The molecule has 1 amide bonds. The quantitative estimate of drug-likeness (QED) is 0.770. The summed E-state index contributed by atoms with van der Waals surface area (Å²) < 4.78 is 0. The SMILES string of the molecule is Cc1cc(C(=O)NCCc2nc3ccc(Cl)cc3[nH]2)nc(C)n1. The summed E-state index contributed by atoms with van der Waals surface area (Å²) >= 11 is 5.95. The minimum absolute atomic E-state index is 0.210. The number of carbonyl (C=O) groups is 1. The maximum atomic E-state index is 12.1. The molecule has 2 heterocycles. The number of aromatic nitrogens is 4. The van der Waals surface area contributed by atoms with Gasteiger partial charge in [-0.1, -0.05) is 11.6 Å². The molecule has 23 heavy (non-hydrogen) atoms. The summed E-state index contributed by atoms with van der Waals surface area (Å²) in [5.74, 6) is 1.18. The predicted molar refractivity (Wildman–Crippen MR) is 88.6 cm³/mol. The number of hydrogen-bond donors (Lipinski definition) is 2. The van der Waals surface area contributed by atoms with E-state index < -0.39 is 0 Å². The van der Waals surface area contributed by atoms with Crippen molar-refractivity contribution in [2.45, 2.75) is 20.3 Å². The van der Waals surface area contributed by atoms with E-state index >= 15 is 0 Å². The summed E-state index contributed by atoms with van der Waals surface area (Å²) in [4.78, 5) is 28.1. The van der Waals surface area contributed by atoms with E-state index in [0.717, 1.165) is 22.6 Å². The molecule has 0 bridgehead atoms. The molecule has 1 aromatic carbocycles. The molecule has 118 valence electrons. The van der Waals surface area contributed by atoms with Gasteiger partial charge in [0.25, 0.3) is 5.91 Å². The van der Waals surface area contributed by atoms with Crippen LogP contribution in [0.5, 0.6) is 0 Å². The number of fused-ring (bicyclic) bond motifs is 1. The molecule has 2 N–H and O–H groups in total. The monoisotopic (exact) mass is 329 g/mol. The van der Waals surface area contributed by atoms with Gasteiger partial charge in [-0.2, -0.15) is 0 Å². The maximum Gasteiger partial charge on any atom is 0.270 e. The van der Waals surface area contributed by atoms with E-state index in [1.54, 1.807) is 19.1 Å². The molecule has 0 radical (unpaired) electrons. The Bertz CT molecular complexity index is 854. The van der Waals surface area contributed by atoms with Crippen LogP contribution in [0.3, 0.4) is 0 Å². The van der Waals surface area contributed by atoms with Gasteiger partial charge in [0.05, 0.1) is 11.0 Å². The van der Waals surface area contributed by atoms with Crippen LogP contribution in [-0.2, 0) is 6.42 Å². The number of nitrogens with one attached hydrogen (secondary N) is 2. The van der Waals surface area contributed by atoms with Crippen molar-refractivity contribution in [3.8, 4) is 0 Å². The number of benzene rings is 1. The number of imidazole rings is 1. The molecule has 7 heteroatoms. The van der Waals surface area contributed by atoms with Crippen molar-refractivity contribution in [2.75, 3.05) is 6.54 Å². The molecule has 2 aromatic heterocycles. The minimum atomic E-state index is -0.210. The van der Waals surface area contributed by atoms with Gasteiger partial charge in [-0.25, -0.2) is 15.0 Å². The van der Waals surface area contributed by atoms with Crippen LogP contribution in [0.4, 0.5) is 0 Å². The second-order valence-corrected chi connectivity index (χ2v) is 5.73. The Balaban J connectivity index is 1.62. The van der Waals surface area contributed by atoms with Crippen molar-refractivity contribution in [3.05, 3.63) is 52.3 Å². The summed E-state index contributed by atoms with van der Waals surface area (Å²) in [6.07, 6.45) is 0.598. The Morgan fingerprint density at radius 3 is 2.83 bits per heavy atom. The van der Waals surface area contributed by atoms with Gasteiger partial charge in [0.2, 0.25) is 0 Å². The van der Waals surface area contributed by atoms with Crippen molar-refractivity contribution in [3.63, 3.8) is 0 Å². The van der Waals surface area contributed by atoms with Crippen LogP contribution in [0.15, 0.2) is 24.3 Å². The van der Waals surface area contributed by atoms with Crippen molar-refractivity contribution in [2.24, 2.45) is 0 Å². The largest absolute Gasteiger partial charge is 0.350 e. The van der Waals surface area contributed by atoms with Crippen LogP contribution in [0.2, 0.25) is 5.02 Å². The van der Waals surface area contributed by atoms with Gasteiger partial charge in [0.15, 0.2) is 0 Å². The molecule has 0 aliphatic rings. The molecule has 3 aromatic rings. The summed E-state index contributed by atoms with van der Waals surface area (Å²) in [7, 11) is 0. The van der Waals surface area contributed by atoms with Crippen LogP contribution >= 0.6 is 11.6 Å². The zero-order chi connectivity index (χ0) is 16.4. The summed E-state index contributed by atoms with van der Waals surface area (Å²) in [6, 6.07) is 7.17. The predicted octanol–water partition coefficient (Wildman–Crippen LogP) is 2.60. The van der Waals surface area contributed by atoms with Crippen molar-refractivity contribution in [1.29, 1.82) is 0 Å². The molecule has 6 nitrogen and oxygen atoms in total. The van der Waals surface area contributed by atoms with E-state index in [-0.39, 0.29) is 5.91 Å². The van der Waals surface area contributed by atoms with Gasteiger partial charge in [0.1, 0.15) is 17.3 Å². The number of nitrogens with zero attached hydrogens (tertiary/aromatic N) is 3. The molecule has 0 aliphatic heterocycles. The lowest BCUT2D eigenvalue weighted by Gasteiger charge is -2.05. The average molecular weight is 330 g/mol. The Hall–Kier alpha value is -2.47. The molecule has 0 saturated heterocycles. The molecular formula is C16H16ClN5O. The summed E-state index contributed by atoms with van der Waals surface area (Å²) in [6.45, 7) is 4.07. The van der Waals surface area contributed by atoms with Crippen LogP contribution in [0.1, 0.15) is 27.8 Å². The van der Waals surface area contributed by atoms with E-state index in [0.29, 0.717) is 29.5 Å². The number of rotatable bonds is 4. The third kappa shape index (κ3) is 3.65. The fourth-order valence-corrected chi connectivity index (χ4v) is 2.54. The van der Waals surface area contributed by atoms with Crippen molar-refractivity contribution in [1.82, 2.24) is 25.3 Å². The summed E-state index contributed by atoms with van der Waals surface area (Å²) in [5, 5.41) is 3.50. The topological polar surface area (TPSA) is 83.6 Å². The third-order valence-electron chi connectivity index (χ3n) is 3.34. The molecule has 0 unspecified atom stereocenters. The Labute approximate surface area is 138 Å². The standard InChI is InChI=1S/C16H16ClN5O/c1-9-7-14(20-10(2)19-9)16(23)18-6-5-15-21-12-4-3-11(17)8-13(12)22-15/h3-4,7-8H,5-6H2,1-2H3,(H,18,23)(H,21,22). The first kappa shape index (κ1) is 15.4. The number of amides is 1. The number of hydrogen-bond acceptors (Lipinski definition) is 4. The third-order valence-corrected chi connectivity index (χ3v) is 3.57. The van der Waals surface area contributed by atoms with Crippen LogP contribution < -0.4 is 5.32 Å². The number of aromatic amines is 1. The van der Waals surface area contributed by atoms with E-state index in [2.05, 4.69) is 25.3 Å². The van der Waals surface area contributed by atoms with Gasteiger partial charge in [-0.05, 0) is 38.1 Å². The lowest BCUT2D eigenvalue weighted by atomic mass is 10.3. The first-order chi connectivity index (χ1) is 11.0. The van der Waals surface area contributed by atoms with Gasteiger partial charge < -0.3 is 10.3 Å². The highest BCUT2D eigenvalue weighted by Gasteiger charge is 2.09. The van der Waals surface area contributed by atoms with E-state index in [1.165, 1.54) is 0 Å². The van der Waals surface area contributed by atoms with Gasteiger partial charge >= 0.3 is 0 Å². The average Bonchev–Trinajstić information content (AvgIpc) is 2.87. The number of carbonyl (C=O) groups excluding carboxylic acids is 1. The van der Waals surface area contributed by atoms with E-state index in [9.17, 15) is 4.79 Å². The van der Waals surface area contributed by atoms with Crippen molar-refractivity contribution >= 4 is 28.5 Å². The van der Waals surface area contributed by atoms with Gasteiger partial charge in [-0.3, -0.25) is 4.79 Å². The first-order valence-electron chi connectivity index (χ1n) is 7.26. The highest BCUT2D eigenvalue weighted by molar-refractivity contribution is 6.31. The number of aryl methyl sites for hydroxylation is 2. The maximum absolute atomic E-state index is 12.1. The Kier molecular flexibility index (Phi) is 4.25. The number of halogens is 1. The zero-order valence-electron chi connectivity index (χ0n) is 12.9. The molecule has 0 fully saturated rings. The first-order valence-corrected chi connectivity index (χ1v) is 7.64. The van der Waals surface area contributed by atoms with Crippen molar-refractivity contribution < 1.29 is 4.79 Å². The van der Waals surface area contributed by atoms with E-state index in [1.807, 2.05) is 19.1 Å². The Morgan fingerprint density at radius 2 is 2.04 bits per heavy atom. The lowest BCUT2D eigenvalue weighted by molar-refractivity contribution is 0.0948. The molecule has 0 spiro atoms. The second kappa shape index (κ2) is 6.34. The molecule has 0 saturated carbocycles. The fourth-order valence-electron chi connectivity index (χ4n) is 2.37. The molecule has 0 atom stereocenters. The van der Waals surface area contributed by atoms with E-state index in [4.69, 9.17) is 11.6 Å². The highest BCUT2D eigenvalue weighted by atomic mass is 35.5. The molecular weight excluding hydrogens is 314 g/mol. The van der Waals surface area contributed by atoms with Crippen LogP contribution in [-0.4, -0.2) is 32.4 Å². The second-order valence-electron chi connectivity index (χ2n) is 5.29. The number of H-pyrrole nitrogens is 1. The smallest absolute Gasteiger partial charge is 0.270 e.